The molecular weight excluding hydrogens is 314 g/mol. The molecule has 5 heteroatoms. The molecule has 2 N–H and O–H groups in total. The average molecular weight is 339 g/mol. The van der Waals surface area contributed by atoms with Gasteiger partial charge in [-0.15, -0.1) is 0 Å². The first kappa shape index (κ1) is 17.3. The molecule has 0 atom stereocenters. The first-order valence-corrected chi connectivity index (χ1v) is 8.52. The van der Waals surface area contributed by atoms with Gasteiger partial charge in [-0.2, -0.15) is 0 Å². The average Bonchev–Trinajstić information content (AvgIpc) is 2.62. The van der Waals surface area contributed by atoms with Crippen molar-refractivity contribution in [1.82, 2.24) is 4.90 Å². The predicted molar refractivity (Wildman–Crippen MR) is 102 cm³/mol. The van der Waals surface area contributed by atoms with Crippen LogP contribution < -0.4 is 10.6 Å². The van der Waals surface area contributed by atoms with Crippen molar-refractivity contribution in [3.05, 3.63) is 47.5 Å². The maximum atomic E-state index is 11.6. The lowest BCUT2D eigenvalue weighted by Gasteiger charge is -2.34. The van der Waals surface area contributed by atoms with Crippen LogP contribution in [0.25, 0.3) is 11.1 Å². The SMILES string of the molecule is COC(=O)c1ccc(-c2ccc(N3CCN(C)CC3)cc2C)c(N)c1. The van der Waals surface area contributed by atoms with Gasteiger partial charge < -0.3 is 20.3 Å². The number of nitrogens with two attached hydrogens (primary N) is 1. The molecule has 0 amide bonds. The van der Waals surface area contributed by atoms with Crippen LogP contribution in [0.1, 0.15) is 15.9 Å². The minimum absolute atomic E-state index is 0.375. The summed E-state index contributed by atoms with van der Waals surface area (Å²) in [6, 6.07) is 11.8. The van der Waals surface area contributed by atoms with Gasteiger partial charge in [0.25, 0.3) is 0 Å². The largest absolute Gasteiger partial charge is 0.465 e. The fourth-order valence-electron chi connectivity index (χ4n) is 3.26. The van der Waals surface area contributed by atoms with Gasteiger partial charge in [0, 0.05) is 43.1 Å². The van der Waals surface area contributed by atoms with Crippen LogP contribution in [0.15, 0.2) is 36.4 Å². The van der Waals surface area contributed by atoms with Crippen molar-refractivity contribution in [2.45, 2.75) is 6.92 Å². The Morgan fingerprint density at radius 1 is 1.04 bits per heavy atom. The Bertz CT molecular complexity index is 781. The van der Waals surface area contributed by atoms with E-state index in [2.05, 4.69) is 42.0 Å². The summed E-state index contributed by atoms with van der Waals surface area (Å²) >= 11 is 0. The summed E-state index contributed by atoms with van der Waals surface area (Å²) in [5.41, 5.74) is 11.7. The molecule has 1 aliphatic heterocycles. The van der Waals surface area contributed by atoms with Gasteiger partial charge in [0.05, 0.1) is 12.7 Å². The third kappa shape index (κ3) is 3.61. The molecule has 1 saturated heterocycles. The molecule has 1 fully saturated rings. The van der Waals surface area contributed by atoms with Crippen LogP contribution in [0.5, 0.6) is 0 Å². The van der Waals surface area contributed by atoms with Crippen molar-refractivity contribution in [3.8, 4) is 11.1 Å². The van der Waals surface area contributed by atoms with E-state index in [4.69, 9.17) is 10.5 Å². The summed E-state index contributed by atoms with van der Waals surface area (Å²) in [5, 5.41) is 0. The van der Waals surface area contributed by atoms with E-state index in [9.17, 15) is 4.79 Å². The van der Waals surface area contributed by atoms with Crippen LogP contribution in [0.2, 0.25) is 0 Å². The fourth-order valence-corrected chi connectivity index (χ4v) is 3.26. The van der Waals surface area contributed by atoms with Gasteiger partial charge in [0.2, 0.25) is 0 Å². The van der Waals surface area contributed by atoms with Crippen molar-refractivity contribution in [3.63, 3.8) is 0 Å². The van der Waals surface area contributed by atoms with Crippen LogP contribution in [0, 0.1) is 6.92 Å². The Hall–Kier alpha value is -2.53. The molecule has 5 nitrogen and oxygen atoms in total. The van der Waals surface area contributed by atoms with Gasteiger partial charge in [-0.1, -0.05) is 12.1 Å². The van der Waals surface area contributed by atoms with Crippen LogP contribution in [0.3, 0.4) is 0 Å². The topological polar surface area (TPSA) is 58.8 Å². The maximum Gasteiger partial charge on any atom is 0.337 e. The number of nitrogens with zero attached hydrogens (tertiary/aromatic N) is 2. The number of carbonyl (C=O) groups excluding carboxylic acids is 1. The zero-order valence-corrected chi connectivity index (χ0v) is 15.1. The van der Waals surface area contributed by atoms with Crippen molar-refractivity contribution in [2.75, 3.05) is 51.0 Å². The summed E-state index contributed by atoms with van der Waals surface area (Å²) < 4.78 is 4.75. The zero-order valence-electron chi connectivity index (χ0n) is 15.1. The van der Waals surface area contributed by atoms with E-state index in [1.54, 1.807) is 12.1 Å². The number of esters is 1. The molecule has 132 valence electrons. The number of piperazine rings is 1. The van der Waals surface area contributed by atoms with Gasteiger partial charge in [-0.05, 0) is 49.4 Å². The number of ether oxygens (including phenoxy) is 1. The van der Waals surface area contributed by atoms with Crippen LogP contribution >= 0.6 is 0 Å². The third-order valence-corrected chi connectivity index (χ3v) is 4.84. The molecule has 2 aromatic carbocycles. The molecule has 0 unspecified atom stereocenters. The predicted octanol–water partition coefficient (Wildman–Crippen LogP) is 2.78. The lowest BCUT2D eigenvalue weighted by molar-refractivity contribution is 0.0601. The third-order valence-electron chi connectivity index (χ3n) is 4.84. The Morgan fingerprint density at radius 3 is 2.32 bits per heavy atom. The monoisotopic (exact) mass is 339 g/mol. The molecule has 0 spiro atoms. The van der Waals surface area contributed by atoms with E-state index in [-0.39, 0.29) is 5.97 Å². The number of likely N-dealkylation sites (N-methyl/N-ethyl adjacent to an activating group) is 1. The fraction of sp³-hybridized carbons (Fsp3) is 0.350. The molecule has 0 aromatic heterocycles. The molecular formula is C20H25N3O2. The number of rotatable bonds is 3. The second-order valence-corrected chi connectivity index (χ2v) is 6.58. The highest BCUT2D eigenvalue weighted by molar-refractivity contribution is 5.93. The van der Waals surface area contributed by atoms with Crippen molar-refractivity contribution < 1.29 is 9.53 Å². The normalized spacial score (nSPS) is 15.2. The molecule has 3 rings (SSSR count). The Kier molecular flexibility index (Phi) is 4.95. The second-order valence-electron chi connectivity index (χ2n) is 6.58. The highest BCUT2D eigenvalue weighted by Crippen LogP contribution is 2.32. The van der Waals surface area contributed by atoms with Gasteiger partial charge in [-0.3, -0.25) is 0 Å². The first-order chi connectivity index (χ1) is 12.0. The summed E-state index contributed by atoms with van der Waals surface area (Å²) in [7, 11) is 3.53. The lowest BCUT2D eigenvalue weighted by Crippen LogP contribution is -2.44. The number of carbonyl (C=O) groups is 1. The standard InChI is InChI=1S/C20H25N3O2/c1-14-12-16(23-10-8-22(2)9-11-23)5-7-17(14)18-6-4-15(13-19(18)21)20(24)25-3/h4-7,12-13H,8-11,21H2,1-3H3. The number of hydrogen-bond acceptors (Lipinski definition) is 5. The number of aryl methyl sites for hydroxylation is 1. The van der Waals surface area contributed by atoms with Gasteiger partial charge in [0.1, 0.15) is 0 Å². The van der Waals surface area contributed by atoms with E-state index in [1.165, 1.54) is 18.4 Å². The number of anilines is 2. The highest BCUT2D eigenvalue weighted by Gasteiger charge is 2.16. The van der Waals surface area contributed by atoms with Crippen LogP contribution in [0.4, 0.5) is 11.4 Å². The molecule has 1 heterocycles. The summed E-state index contributed by atoms with van der Waals surface area (Å²) in [5.74, 6) is -0.375. The molecule has 1 aliphatic rings. The summed E-state index contributed by atoms with van der Waals surface area (Å²) in [6.07, 6.45) is 0. The maximum absolute atomic E-state index is 11.6. The van der Waals surface area contributed by atoms with E-state index in [1.807, 2.05) is 6.07 Å². The van der Waals surface area contributed by atoms with E-state index in [0.29, 0.717) is 11.3 Å². The zero-order chi connectivity index (χ0) is 18.0. The lowest BCUT2D eigenvalue weighted by atomic mass is 9.97. The Labute approximate surface area is 149 Å². The summed E-state index contributed by atoms with van der Waals surface area (Å²) in [6.45, 7) is 6.37. The van der Waals surface area contributed by atoms with Gasteiger partial charge >= 0.3 is 5.97 Å². The quantitative estimate of drug-likeness (QED) is 0.688. The van der Waals surface area contributed by atoms with E-state index in [0.717, 1.165) is 37.3 Å². The Balaban J connectivity index is 1.87. The minimum Gasteiger partial charge on any atom is -0.465 e. The molecule has 2 aromatic rings. The summed E-state index contributed by atoms with van der Waals surface area (Å²) in [4.78, 5) is 16.4. The van der Waals surface area contributed by atoms with E-state index >= 15 is 0 Å². The second kappa shape index (κ2) is 7.15. The number of nitrogen functional groups attached to an aromatic ring is 1. The minimum atomic E-state index is -0.375. The smallest absolute Gasteiger partial charge is 0.337 e. The molecule has 0 radical (unpaired) electrons. The first-order valence-electron chi connectivity index (χ1n) is 8.52. The van der Waals surface area contributed by atoms with Crippen molar-refractivity contribution in [1.29, 1.82) is 0 Å². The van der Waals surface area contributed by atoms with Crippen molar-refractivity contribution in [2.24, 2.45) is 0 Å². The Morgan fingerprint density at radius 2 is 1.72 bits per heavy atom. The highest BCUT2D eigenvalue weighted by atomic mass is 16.5. The molecule has 0 aliphatic carbocycles. The molecule has 25 heavy (non-hydrogen) atoms. The molecule has 0 bridgehead atoms. The van der Waals surface area contributed by atoms with E-state index < -0.39 is 0 Å². The molecule has 0 saturated carbocycles. The number of hydrogen-bond donors (Lipinski definition) is 1. The van der Waals surface area contributed by atoms with Crippen LogP contribution in [-0.4, -0.2) is 51.2 Å². The van der Waals surface area contributed by atoms with Gasteiger partial charge in [0.15, 0.2) is 0 Å². The number of benzene rings is 2. The number of methoxy groups -OCH3 is 1. The van der Waals surface area contributed by atoms with Crippen LogP contribution in [-0.2, 0) is 4.74 Å². The van der Waals surface area contributed by atoms with Gasteiger partial charge in [-0.25, -0.2) is 4.79 Å². The van der Waals surface area contributed by atoms with Crippen molar-refractivity contribution >= 4 is 17.3 Å².